The van der Waals surface area contributed by atoms with Gasteiger partial charge in [-0.25, -0.2) is 0 Å². The average Bonchev–Trinajstić information content (AvgIpc) is 3.13. The van der Waals surface area contributed by atoms with Gasteiger partial charge >= 0.3 is 0 Å². The summed E-state index contributed by atoms with van der Waals surface area (Å²) >= 11 is 1.69. The molecule has 5 heteroatoms. The quantitative estimate of drug-likeness (QED) is 0.641. The lowest BCUT2D eigenvalue weighted by molar-refractivity contribution is -0.114. The lowest BCUT2D eigenvalue weighted by Crippen LogP contribution is -2.17. The molecule has 1 aliphatic carbocycles. The minimum atomic E-state index is -0.115. The number of fused-ring (bicyclic) bond motifs is 1. The van der Waals surface area contributed by atoms with Gasteiger partial charge in [-0.3, -0.25) is 9.59 Å². The van der Waals surface area contributed by atoms with Crippen molar-refractivity contribution in [2.45, 2.75) is 32.1 Å². The van der Waals surface area contributed by atoms with E-state index in [0.29, 0.717) is 11.6 Å². The Bertz CT molecular complexity index is 993. The number of carbonyl (C=O) groups is 2. The maximum absolute atomic E-state index is 12.8. The maximum Gasteiger partial charge on any atom is 0.256 e. The molecule has 0 saturated heterocycles. The van der Waals surface area contributed by atoms with Gasteiger partial charge in [0.1, 0.15) is 0 Å². The first kappa shape index (κ1) is 18.4. The fraction of sp³-hybridized carbons (Fsp3) is 0.217. The number of anilines is 2. The van der Waals surface area contributed by atoms with Crippen LogP contribution in [0.1, 0.15) is 45.6 Å². The highest BCUT2D eigenvalue weighted by atomic mass is 32.1. The molecule has 0 radical (unpaired) electrons. The summed E-state index contributed by atoms with van der Waals surface area (Å²) in [6.45, 7) is 1.47. The Morgan fingerprint density at radius 1 is 0.964 bits per heavy atom. The molecule has 4 rings (SSSR count). The first-order valence-corrected chi connectivity index (χ1v) is 10.3. The van der Waals surface area contributed by atoms with Crippen molar-refractivity contribution in [2.24, 2.45) is 0 Å². The van der Waals surface area contributed by atoms with Crippen molar-refractivity contribution in [1.29, 1.82) is 0 Å². The SMILES string of the molecule is CC(=O)Nc1ccc(NC(=O)c2csc3c2CCC(c2ccccc2)C3)cc1. The molecule has 2 aromatic carbocycles. The Kier molecular flexibility index (Phi) is 5.26. The molecular weight excluding hydrogens is 368 g/mol. The Morgan fingerprint density at radius 2 is 1.64 bits per heavy atom. The van der Waals surface area contributed by atoms with Crippen molar-refractivity contribution < 1.29 is 9.59 Å². The standard InChI is InChI=1S/C23H22N2O2S/c1-15(26)24-18-8-10-19(11-9-18)25-23(27)21-14-28-22-13-17(7-12-20(21)22)16-5-3-2-4-6-16/h2-6,8-11,14,17H,7,12-13H2,1H3,(H,24,26)(H,25,27). The Balaban J connectivity index is 1.45. The van der Waals surface area contributed by atoms with E-state index in [4.69, 9.17) is 0 Å². The molecule has 1 unspecified atom stereocenters. The third-order valence-electron chi connectivity index (χ3n) is 5.13. The van der Waals surface area contributed by atoms with E-state index >= 15 is 0 Å². The zero-order valence-corrected chi connectivity index (χ0v) is 16.5. The maximum atomic E-state index is 12.8. The van der Waals surface area contributed by atoms with Crippen LogP contribution in [0.3, 0.4) is 0 Å². The van der Waals surface area contributed by atoms with Crippen LogP contribution in [0.4, 0.5) is 11.4 Å². The third kappa shape index (κ3) is 3.99. The summed E-state index contributed by atoms with van der Waals surface area (Å²) in [6.07, 6.45) is 3.00. The fourth-order valence-corrected chi connectivity index (χ4v) is 4.91. The lowest BCUT2D eigenvalue weighted by atomic mass is 9.83. The Labute approximate surface area is 168 Å². The second-order valence-electron chi connectivity index (χ2n) is 7.11. The molecule has 0 aliphatic heterocycles. The van der Waals surface area contributed by atoms with Gasteiger partial charge in [0.25, 0.3) is 5.91 Å². The number of rotatable bonds is 4. The van der Waals surface area contributed by atoms with Gasteiger partial charge in [0.05, 0.1) is 5.56 Å². The van der Waals surface area contributed by atoms with Crippen LogP contribution in [0.15, 0.2) is 60.0 Å². The fourth-order valence-electron chi connectivity index (χ4n) is 3.75. The number of benzene rings is 2. The topological polar surface area (TPSA) is 58.2 Å². The number of hydrogen-bond donors (Lipinski definition) is 2. The van der Waals surface area contributed by atoms with E-state index in [-0.39, 0.29) is 11.8 Å². The van der Waals surface area contributed by atoms with Gasteiger partial charge in [-0.1, -0.05) is 30.3 Å². The second-order valence-corrected chi connectivity index (χ2v) is 8.08. The van der Waals surface area contributed by atoms with Crippen LogP contribution >= 0.6 is 11.3 Å². The van der Waals surface area contributed by atoms with Crippen molar-refractivity contribution in [3.63, 3.8) is 0 Å². The van der Waals surface area contributed by atoms with Crippen LogP contribution in [0.2, 0.25) is 0 Å². The van der Waals surface area contributed by atoms with Gasteiger partial charge in [0.15, 0.2) is 0 Å². The monoisotopic (exact) mass is 390 g/mol. The number of amides is 2. The van der Waals surface area contributed by atoms with Crippen molar-refractivity contribution in [2.75, 3.05) is 10.6 Å². The van der Waals surface area contributed by atoms with Crippen LogP contribution in [0, 0.1) is 0 Å². The highest BCUT2D eigenvalue weighted by molar-refractivity contribution is 7.10. The van der Waals surface area contributed by atoms with Crippen molar-refractivity contribution in [3.05, 3.63) is 81.5 Å². The number of nitrogens with one attached hydrogen (secondary N) is 2. The molecule has 142 valence electrons. The highest BCUT2D eigenvalue weighted by Gasteiger charge is 2.26. The molecule has 0 bridgehead atoms. The molecule has 4 nitrogen and oxygen atoms in total. The minimum absolute atomic E-state index is 0.0667. The summed E-state index contributed by atoms with van der Waals surface area (Å²) < 4.78 is 0. The summed E-state index contributed by atoms with van der Waals surface area (Å²) in [5.41, 5.74) is 4.80. The molecule has 1 atom stereocenters. The molecule has 3 aromatic rings. The molecular formula is C23H22N2O2S. The minimum Gasteiger partial charge on any atom is -0.326 e. The summed E-state index contributed by atoms with van der Waals surface area (Å²) in [7, 11) is 0. The smallest absolute Gasteiger partial charge is 0.256 e. The normalized spacial score (nSPS) is 15.5. The molecule has 2 amide bonds. The van der Waals surface area contributed by atoms with E-state index in [9.17, 15) is 9.59 Å². The van der Waals surface area contributed by atoms with E-state index in [0.717, 1.165) is 30.5 Å². The number of carbonyl (C=O) groups excluding carboxylic acids is 2. The molecule has 0 saturated carbocycles. The van der Waals surface area contributed by atoms with E-state index in [1.54, 1.807) is 35.6 Å². The van der Waals surface area contributed by atoms with Gasteiger partial charge in [0.2, 0.25) is 5.91 Å². The van der Waals surface area contributed by atoms with E-state index in [1.165, 1.54) is 22.9 Å². The van der Waals surface area contributed by atoms with Crippen LogP contribution < -0.4 is 10.6 Å². The predicted molar refractivity (Wildman–Crippen MR) is 114 cm³/mol. The highest BCUT2D eigenvalue weighted by Crippen LogP contribution is 2.37. The molecule has 1 heterocycles. The summed E-state index contributed by atoms with van der Waals surface area (Å²) in [5.74, 6) is 0.350. The predicted octanol–water partition coefficient (Wildman–Crippen LogP) is 5.23. The summed E-state index contributed by atoms with van der Waals surface area (Å²) in [4.78, 5) is 25.2. The van der Waals surface area contributed by atoms with E-state index in [2.05, 4.69) is 34.9 Å². The molecule has 28 heavy (non-hydrogen) atoms. The average molecular weight is 391 g/mol. The molecule has 0 spiro atoms. The van der Waals surface area contributed by atoms with Gasteiger partial charge in [-0.15, -0.1) is 11.3 Å². The Morgan fingerprint density at radius 3 is 2.32 bits per heavy atom. The molecule has 0 fully saturated rings. The third-order valence-corrected chi connectivity index (χ3v) is 6.19. The van der Waals surface area contributed by atoms with Crippen molar-refractivity contribution in [3.8, 4) is 0 Å². The molecule has 1 aromatic heterocycles. The van der Waals surface area contributed by atoms with Gasteiger partial charge in [-0.2, -0.15) is 0 Å². The number of thiophene rings is 1. The Hall–Kier alpha value is -2.92. The zero-order valence-electron chi connectivity index (χ0n) is 15.7. The lowest BCUT2D eigenvalue weighted by Gasteiger charge is -2.23. The molecule has 2 N–H and O–H groups in total. The largest absolute Gasteiger partial charge is 0.326 e. The first-order chi connectivity index (χ1) is 13.6. The van der Waals surface area contributed by atoms with Crippen LogP contribution in [0.5, 0.6) is 0 Å². The first-order valence-electron chi connectivity index (χ1n) is 9.43. The van der Waals surface area contributed by atoms with Crippen molar-refractivity contribution in [1.82, 2.24) is 0 Å². The van der Waals surface area contributed by atoms with Crippen LogP contribution in [-0.2, 0) is 17.6 Å². The van der Waals surface area contributed by atoms with E-state index < -0.39 is 0 Å². The van der Waals surface area contributed by atoms with Gasteiger partial charge in [-0.05, 0) is 60.6 Å². The zero-order chi connectivity index (χ0) is 19.5. The van der Waals surface area contributed by atoms with E-state index in [1.807, 2.05) is 11.4 Å². The summed E-state index contributed by atoms with van der Waals surface area (Å²) in [5, 5.41) is 7.68. The summed E-state index contributed by atoms with van der Waals surface area (Å²) in [6, 6.07) is 17.8. The number of hydrogen-bond acceptors (Lipinski definition) is 3. The molecule has 1 aliphatic rings. The second kappa shape index (κ2) is 7.98. The van der Waals surface area contributed by atoms with Crippen molar-refractivity contribution >= 4 is 34.5 Å². The van der Waals surface area contributed by atoms with Gasteiger partial charge < -0.3 is 10.6 Å². The van der Waals surface area contributed by atoms with Crippen LogP contribution in [-0.4, -0.2) is 11.8 Å². The van der Waals surface area contributed by atoms with Gasteiger partial charge in [0, 0.05) is 28.6 Å². The van der Waals surface area contributed by atoms with Crippen LogP contribution in [0.25, 0.3) is 0 Å².